The zero-order valence-electron chi connectivity index (χ0n) is 11.7. The maximum absolute atomic E-state index is 12.3. The highest BCUT2D eigenvalue weighted by molar-refractivity contribution is 4.90. The molecule has 1 aliphatic carbocycles. The Balaban J connectivity index is 1.66. The number of hydrogen-bond donors (Lipinski definition) is 1. The van der Waals surface area contributed by atoms with Gasteiger partial charge in [-0.15, -0.1) is 0 Å². The Kier molecular flexibility index (Phi) is 4.77. The molecule has 2 nitrogen and oxygen atoms in total. The van der Waals surface area contributed by atoms with E-state index in [2.05, 4.69) is 12.2 Å². The summed E-state index contributed by atoms with van der Waals surface area (Å²) in [5.74, 6) is 0. The van der Waals surface area contributed by atoms with E-state index in [9.17, 15) is 13.2 Å². The van der Waals surface area contributed by atoms with Crippen molar-refractivity contribution in [2.24, 2.45) is 5.41 Å². The molecule has 0 aromatic heterocycles. The molecule has 5 heteroatoms. The predicted molar refractivity (Wildman–Crippen MR) is 70.1 cm³/mol. The van der Waals surface area contributed by atoms with E-state index in [1.165, 1.54) is 30.6 Å². The number of alkyl halides is 3. The van der Waals surface area contributed by atoms with E-state index in [0.717, 1.165) is 19.4 Å². The number of halogens is 3. The van der Waals surface area contributed by atoms with Gasteiger partial charge in [-0.25, -0.2) is 0 Å². The molecule has 19 heavy (non-hydrogen) atoms. The normalized spacial score (nSPS) is 25.3. The van der Waals surface area contributed by atoms with Crippen LogP contribution in [0.2, 0.25) is 0 Å². The first-order chi connectivity index (χ1) is 8.92. The molecule has 0 bridgehead atoms. The summed E-state index contributed by atoms with van der Waals surface area (Å²) in [6, 6.07) is 0.411. The van der Waals surface area contributed by atoms with Crippen LogP contribution in [0.25, 0.3) is 0 Å². The lowest BCUT2D eigenvalue weighted by Gasteiger charge is -2.43. The number of nitrogens with one attached hydrogen (secondary N) is 1. The molecule has 1 N–H and O–H groups in total. The Bertz CT molecular complexity index is 273. The van der Waals surface area contributed by atoms with Gasteiger partial charge in [0.2, 0.25) is 0 Å². The summed E-state index contributed by atoms with van der Waals surface area (Å²) in [5, 5.41) is 3.59. The first-order valence-corrected chi connectivity index (χ1v) is 7.45. The minimum atomic E-state index is -4.06. The quantitative estimate of drug-likeness (QED) is 0.831. The van der Waals surface area contributed by atoms with Crippen molar-refractivity contribution in [2.45, 2.75) is 57.7 Å². The number of piperidine rings is 1. The fourth-order valence-electron chi connectivity index (χ4n) is 3.24. The van der Waals surface area contributed by atoms with E-state index in [4.69, 9.17) is 0 Å². The first-order valence-electron chi connectivity index (χ1n) is 7.45. The van der Waals surface area contributed by atoms with Crippen LogP contribution in [0.15, 0.2) is 0 Å². The summed E-state index contributed by atoms with van der Waals surface area (Å²) >= 11 is 0. The first kappa shape index (κ1) is 15.1. The summed E-state index contributed by atoms with van der Waals surface area (Å²) in [6.45, 7) is 3.67. The molecule has 1 aliphatic heterocycles. The van der Waals surface area contributed by atoms with Crippen LogP contribution < -0.4 is 5.32 Å². The second kappa shape index (κ2) is 6.00. The molecule has 1 heterocycles. The maximum Gasteiger partial charge on any atom is 0.401 e. The lowest BCUT2D eigenvalue weighted by molar-refractivity contribution is -0.148. The molecule has 0 amide bonds. The van der Waals surface area contributed by atoms with E-state index in [0.29, 0.717) is 24.5 Å². The summed E-state index contributed by atoms with van der Waals surface area (Å²) in [5.41, 5.74) is 0.489. The predicted octanol–water partition coefficient (Wildman–Crippen LogP) is 3.18. The van der Waals surface area contributed by atoms with Gasteiger partial charge in [-0.3, -0.25) is 4.90 Å². The van der Waals surface area contributed by atoms with Crippen molar-refractivity contribution < 1.29 is 13.2 Å². The Morgan fingerprint density at radius 1 is 1.21 bits per heavy atom. The molecule has 2 rings (SSSR count). The molecule has 0 aromatic carbocycles. The average Bonchev–Trinajstić information content (AvgIpc) is 2.28. The van der Waals surface area contributed by atoms with Crippen LogP contribution >= 0.6 is 0 Å². The van der Waals surface area contributed by atoms with Gasteiger partial charge in [0, 0.05) is 12.6 Å². The van der Waals surface area contributed by atoms with Gasteiger partial charge in [-0.1, -0.05) is 13.3 Å². The van der Waals surface area contributed by atoms with Crippen LogP contribution in [-0.2, 0) is 0 Å². The average molecular weight is 278 g/mol. The van der Waals surface area contributed by atoms with Crippen LogP contribution in [-0.4, -0.2) is 43.3 Å². The van der Waals surface area contributed by atoms with E-state index in [-0.39, 0.29) is 0 Å². The number of nitrogens with zero attached hydrogens (tertiary/aromatic N) is 1. The largest absolute Gasteiger partial charge is 0.401 e. The zero-order valence-corrected chi connectivity index (χ0v) is 11.7. The molecule has 0 atom stereocenters. The zero-order chi connectivity index (χ0) is 13.9. The van der Waals surface area contributed by atoms with Crippen LogP contribution in [0.3, 0.4) is 0 Å². The summed E-state index contributed by atoms with van der Waals surface area (Å²) in [6.07, 6.45) is 2.80. The van der Waals surface area contributed by atoms with Crippen LogP contribution in [0.5, 0.6) is 0 Å². The second-order valence-corrected chi connectivity index (χ2v) is 6.25. The second-order valence-electron chi connectivity index (χ2n) is 6.25. The van der Waals surface area contributed by atoms with Gasteiger partial charge in [-0.2, -0.15) is 13.2 Å². The van der Waals surface area contributed by atoms with E-state index in [1.54, 1.807) is 0 Å². The third-order valence-electron chi connectivity index (χ3n) is 4.92. The summed E-state index contributed by atoms with van der Waals surface area (Å²) in [7, 11) is 0. The SMILES string of the molecule is CCC1(CNC2CCN(CC(F)(F)F)CC2)CCC1. The molecule has 1 saturated carbocycles. The van der Waals surface area contributed by atoms with E-state index in [1.807, 2.05) is 0 Å². The summed E-state index contributed by atoms with van der Waals surface area (Å²) in [4.78, 5) is 1.52. The maximum atomic E-state index is 12.3. The van der Waals surface area contributed by atoms with Crippen molar-refractivity contribution in [3.05, 3.63) is 0 Å². The van der Waals surface area contributed by atoms with Gasteiger partial charge in [0.25, 0.3) is 0 Å². The Labute approximate surface area is 113 Å². The van der Waals surface area contributed by atoms with Gasteiger partial charge < -0.3 is 5.32 Å². The highest BCUT2D eigenvalue weighted by atomic mass is 19.4. The van der Waals surface area contributed by atoms with Crippen LogP contribution in [0, 0.1) is 5.41 Å². The molecule has 0 spiro atoms. The van der Waals surface area contributed by atoms with Crippen molar-refractivity contribution in [1.29, 1.82) is 0 Å². The van der Waals surface area contributed by atoms with Crippen molar-refractivity contribution in [1.82, 2.24) is 10.2 Å². The number of rotatable bonds is 5. The topological polar surface area (TPSA) is 15.3 Å². The molecule has 1 saturated heterocycles. The Morgan fingerprint density at radius 3 is 2.26 bits per heavy atom. The van der Waals surface area contributed by atoms with Crippen LogP contribution in [0.4, 0.5) is 13.2 Å². The number of likely N-dealkylation sites (tertiary alicyclic amines) is 1. The van der Waals surface area contributed by atoms with Gasteiger partial charge in [0.05, 0.1) is 6.54 Å². The monoisotopic (exact) mass is 278 g/mol. The molecular formula is C14H25F3N2. The number of hydrogen-bond acceptors (Lipinski definition) is 2. The van der Waals surface area contributed by atoms with Gasteiger partial charge in [0.15, 0.2) is 0 Å². The molecule has 2 aliphatic rings. The smallest absolute Gasteiger partial charge is 0.313 e. The minimum Gasteiger partial charge on any atom is -0.313 e. The fraction of sp³-hybridized carbons (Fsp3) is 1.00. The molecule has 2 fully saturated rings. The molecule has 0 radical (unpaired) electrons. The van der Waals surface area contributed by atoms with Gasteiger partial charge in [-0.05, 0) is 50.6 Å². The van der Waals surface area contributed by atoms with Crippen molar-refractivity contribution in [2.75, 3.05) is 26.2 Å². The highest BCUT2D eigenvalue weighted by Crippen LogP contribution is 2.43. The lowest BCUT2D eigenvalue weighted by Crippen LogP contribution is -2.49. The van der Waals surface area contributed by atoms with Crippen LogP contribution in [0.1, 0.15) is 45.4 Å². The van der Waals surface area contributed by atoms with E-state index >= 15 is 0 Å². The highest BCUT2D eigenvalue weighted by Gasteiger charge is 2.36. The van der Waals surface area contributed by atoms with Gasteiger partial charge >= 0.3 is 6.18 Å². The molecule has 0 aromatic rings. The van der Waals surface area contributed by atoms with Crippen molar-refractivity contribution in [3.63, 3.8) is 0 Å². The third kappa shape index (κ3) is 4.35. The van der Waals surface area contributed by atoms with Crippen molar-refractivity contribution in [3.8, 4) is 0 Å². The third-order valence-corrected chi connectivity index (χ3v) is 4.92. The lowest BCUT2D eigenvalue weighted by atomic mass is 9.67. The van der Waals surface area contributed by atoms with Crippen molar-refractivity contribution >= 4 is 0 Å². The Morgan fingerprint density at radius 2 is 1.84 bits per heavy atom. The molecule has 0 unspecified atom stereocenters. The van der Waals surface area contributed by atoms with Gasteiger partial charge in [0.1, 0.15) is 0 Å². The van der Waals surface area contributed by atoms with E-state index < -0.39 is 12.7 Å². The standard InChI is InChI=1S/C14H25F3N2/c1-2-13(6-3-7-13)10-18-12-4-8-19(9-5-12)11-14(15,16)17/h12,18H,2-11H2,1H3. The molecule has 112 valence electrons. The minimum absolute atomic E-state index is 0.411. The fourth-order valence-corrected chi connectivity index (χ4v) is 3.24. The Hall–Kier alpha value is -0.290. The summed E-state index contributed by atoms with van der Waals surface area (Å²) < 4.78 is 36.9. The molecular weight excluding hydrogens is 253 g/mol.